The molecule has 0 radical (unpaired) electrons. The second kappa shape index (κ2) is 6.47. The molecule has 0 aliphatic rings. The van der Waals surface area contributed by atoms with Gasteiger partial charge in [-0.2, -0.15) is 5.10 Å². The Balaban J connectivity index is 2.12. The van der Waals surface area contributed by atoms with E-state index in [-0.39, 0.29) is 11.9 Å². The monoisotopic (exact) mass is 278 g/mol. The Morgan fingerprint density at radius 3 is 2.90 bits per heavy atom. The SMILES string of the molecule is CNCc1cc(F)ccc1OCc1ncnn1C(C)C. The highest BCUT2D eigenvalue weighted by Gasteiger charge is 2.10. The third-order valence-corrected chi connectivity index (χ3v) is 2.88. The molecule has 2 rings (SSSR count). The highest BCUT2D eigenvalue weighted by atomic mass is 19.1. The van der Waals surface area contributed by atoms with E-state index < -0.39 is 0 Å². The van der Waals surface area contributed by atoms with Gasteiger partial charge in [-0.15, -0.1) is 0 Å². The fraction of sp³-hybridized carbons (Fsp3) is 0.429. The van der Waals surface area contributed by atoms with Crippen molar-refractivity contribution in [1.29, 1.82) is 0 Å². The molecule has 20 heavy (non-hydrogen) atoms. The van der Waals surface area contributed by atoms with E-state index in [0.717, 1.165) is 11.4 Å². The summed E-state index contributed by atoms with van der Waals surface area (Å²) in [6.45, 7) is 4.91. The predicted octanol–water partition coefficient (Wildman–Crippen LogP) is 2.30. The fourth-order valence-electron chi connectivity index (χ4n) is 1.97. The van der Waals surface area contributed by atoms with Crippen LogP contribution >= 0.6 is 0 Å². The first kappa shape index (κ1) is 14.5. The van der Waals surface area contributed by atoms with Crippen LogP contribution in [0.5, 0.6) is 5.75 Å². The zero-order valence-electron chi connectivity index (χ0n) is 11.9. The fourth-order valence-corrected chi connectivity index (χ4v) is 1.97. The largest absolute Gasteiger partial charge is 0.485 e. The molecule has 0 amide bonds. The number of aromatic nitrogens is 3. The van der Waals surface area contributed by atoms with Crippen molar-refractivity contribution in [2.24, 2.45) is 0 Å². The van der Waals surface area contributed by atoms with Crippen molar-refractivity contribution in [3.05, 3.63) is 41.7 Å². The van der Waals surface area contributed by atoms with Crippen molar-refractivity contribution in [2.75, 3.05) is 7.05 Å². The van der Waals surface area contributed by atoms with Crippen molar-refractivity contribution in [2.45, 2.75) is 33.0 Å². The first-order chi connectivity index (χ1) is 9.61. The van der Waals surface area contributed by atoms with E-state index in [1.807, 2.05) is 20.9 Å². The summed E-state index contributed by atoms with van der Waals surface area (Å²) in [5.41, 5.74) is 0.781. The summed E-state index contributed by atoms with van der Waals surface area (Å²) in [5, 5.41) is 7.15. The van der Waals surface area contributed by atoms with Gasteiger partial charge in [-0.25, -0.2) is 14.1 Å². The number of hydrogen-bond acceptors (Lipinski definition) is 4. The van der Waals surface area contributed by atoms with E-state index >= 15 is 0 Å². The zero-order valence-corrected chi connectivity index (χ0v) is 11.9. The highest BCUT2D eigenvalue weighted by Crippen LogP contribution is 2.21. The molecule has 1 N–H and O–H groups in total. The summed E-state index contributed by atoms with van der Waals surface area (Å²) in [6.07, 6.45) is 1.51. The predicted molar refractivity (Wildman–Crippen MR) is 73.9 cm³/mol. The molecule has 0 atom stereocenters. The van der Waals surface area contributed by atoms with Gasteiger partial charge in [0.1, 0.15) is 24.5 Å². The average Bonchev–Trinajstić information content (AvgIpc) is 2.87. The van der Waals surface area contributed by atoms with Crippen molar-refractivity contribution in [3.8, 4) is 5.75 Å². The van der Waals surface area contributed by atoms with Gasteiger partial charge >= 0.3 is 0 Å². The van der Waals surface area contributed by atoms with Crippen LogP contribution in [0.15, 0.2) is 24.5 Å². The quantitative estimate of drug-likeness (QED) is 0.881. The Labute approximate surface area is 117 Å². The van der Waals surface area contributed by atoms with Gasteiger partial charge in [-0.1, -0.05) is 0 Å². The molecule has 1 heterocycles. The van der Waals surface area contributed by atoms with Crippen LogP contribution in [0.1, 0.15) is 31.3 Å². The lowest BCUT2D eigenvalue weighted by Crippen LogP contribution is -2.12. The number of hydrogen-bond donors (Lipinski definition) is 1. The Morgan fingerprint density at radius 2 is 2.20 bits per heavy atom. The molecule has 0 unspecified atom stereocenters. The maximum atomic E-state index is 13.2. The number of nitrogens with one attached hydrogen (secondary N) is 1. The minimum absolute atomic E-state index is 0.223. The number of ether oxygens (including phenoxy) is 1. The van der Waals surface area contributed by atoms with Crippen molar-refractivity contribution in [1.82, 2.24) is 20.1 Å². The van der Waals surface area contributed by atoms with E-state index in [2.05, 4.69) is 15.4 Å². The number of halogens is 1. The standard InChI is InChI=1S/C14H19FN4O/c1-10(2)19-14(17-9-18-19)8-20-13-5-4-12(15)6-11(13)7-16-3/h4-6,9-10,16H,7-8H2,1-3H3. The molecule has 2 aromatic rings. The van der Waals surface area contributed by atoms with Crippen molar-refractivity contribution < 1.29 is 9.13 Å². The Bertz CT molecular complexity index is 568. The van der Waals surface area contributed by atoms with Gasteiger partial charge in [0.2, 0.25) is 0 Å². The van der Waals surface area contributed by atoms with Gasteiger partial charge in [-0.05, 0) is 39.1 Å². The normalized spacial score (nSPS) is 11.1. The molecule has 1 aromatic carbocycles. The van der Waals surface area contributed by atoms with Crippen LogP contribution in [-0.4, -0.2) is 21.8 Å². The molecule has 1 aromatic heterocycles. The molecule has 0 saturated carbocycles. The molecular formula is C14H19FN4O. The minimum Gasteiger partial charge on any atom is -0.485 e. The van der Waals surface area contributed by atoms with Crippen LogP contribution in [0.25, 0.3) is 0 Å². The van der Waals surface area contributed by atoms with Gasteiger partial charge in [-0.3, -0.25) is 0 Å². The van der Waals surface area contributed by atoms with Crippen molar-refractivity contribution >= 4 is 0 Å². The number of rotatable bonds is 6. The van der Waals surface area contributed by atoms with Crippen LogP contribution < -0.4 is 10.1 Å². The van der Waals surface area contributed by atoms with Gasteiger partial charge < -0.3 is 10.1 Å². The van der Waals surface area contributed by atoms with E-state index in [1.54, 1.807) is 10.7 Å². The molecule has 0 bridgehead atoms. The topological polar surface area (TPSA) is 52.0 Å². The summed E-state index contributed by atoms with van der Waals surface area (Å²) in [5.74, 6) is 1.13. The summed E-state index contributed by atoms with van der Waals surface area (Å²) in [6, 6.07) is 4.72. The van der Waals surface area contributed by atoms with Gasteiger partial charge in [0, 0.05) is 18.2 Å². The maximum Gasteiger partial charge on any atom is 0.165 e. The van der Waals surface area contributed by atoms with Crippen LogP contribution in [0.4, 0.5) is 4.39 Å². The third-order valence-electron chi connectivity index (χ3n) is 2.88. The maximum absolute atomic E-state index is 13.2. The van der Waals surface area contributed by atoms with Crippen LogP contribution in [0.2, 0.25) is 0 Å². The second-order valence-electron chi connectivity index (χ2n) is 4.79. The minimum atomic E-state index is -0.270. The molecule has 0 fully saturated rings. The molecule has 5 nitrogen and oxygen atoms in total. The number of benzene rings is 1. The van der Waals surface area contributed by atoms with E-state index in [1.165, 1.54) is 18.5 Å². The molecule has 6 heteroatoms. The zero-order chi connectivity index (χ0) is 14.5. The van der Waals surface area contributed by atoms with Crippen molar-refractivity contribution in [3.63, 3.8) is 0 Å². The Morgan fingerprint density at radius 1 is 1.40 bits per heavy atom. The van der Waals surface area contributed by atoms with Crippen LogP contribution in [-0.2, 0) is 13.2 Å². The lowest BCUT2D eigenvalue weighted by molar-refractivity contribution is 0.279. The van der Waals surface area contributed by atoms with E-state index in [0.29, 0.717) is 18.9 Å². The first-order valence-corrected chi connectivity index (χ1v) is 6.56. The average molecular weight is 278 g/mol. The van der Waals surface area contributed by atoms with Gasteiger partial charge in [0.15, 0.2) is 5.82 Å². The lowest BCUT2D eigenvalue weighted by Gasteiger charge is -2.13. The van der Waals surface area contributed by atoms with Gasteiger partial charge in [0.05, 0.1) is 0 Å². The van der Waals surface area contributed by atoms with Crippen LogP contribution in [0, 0.1) is 5.82 Å². The molecule has 0 saturated heterocycles. The lowest BCUT2D eigenvalue weighted by atomic mass is 10.2. The molecule has 108 valence electrons. The second-order valence-corrected chi connectivity index (χ2v) is 4.79. The highest BCUT2D eigenvalue weighted by molar-refractivity contribution is 5.33. The number of nitrogens with zero attached hydrogens (tertiary/aromatic N) is 3. The molecule has 0 aliphatic carbocycles. The van der Waals surface area contributed by atoms with Gasteiger partial charge in [0.25, 0.3) is 0 Å². The van der Waals surface area contributed by atoms with E-state index in [9.17, 15) is 4.39 Å². The molecule has 0 spiro atoms. The summed E-state index contributed by atoms with van der Waals surface area (Å²) >= 11 is 0. The molecular weight excluding hydrogens is 259 g/mol. The van der Waals surface area contributed by atoms with Crippen LogP contribution in [0.3, 0.4) is 0 Å². The Hall–Kier alpha value is -1.95. The summed E-state index contributed by atoms with van der Waals surface area (Å²) < 4.78 is 20.8. The summed E-state index contributed by atoms with van der Waals surface area (Å²) in [4.78, 5) is 4.18. The third kappa shape index (κ3) is 3.33. The first-order valence-electron chi connectivity index (χ1n) is 6.56. The van der Waals surface area contributed by atoms with E-state index in [4.69, 9.17) is 4.74 Å². The molecule has 0 aliphatic heterocycles. The summed E-state index contributed by atoms with van der Waals surface area (Å²) in [7, 11) is 1.81. The Kier molecular flexibility index (Phi) is 4.68. The smallest absolute Gasteiger partial charge is 0.165 e.